The predicted octanol–water partition coefficient (Wildman–Crippen LogP) is 2.62. The SMILES string of the molecule is CC(OCCNc1ccc(Br)c(I)c1)/C(N)=N/O. The molecule has 0 heterocycles. The van der Waals surface area contributed by atoms with Crippen molar-refractivity contribution in [2.24, 2.45) is 10.9 Å². The summed E-state index contributed by atoms with van der Waals surface area (Å²) < 4.78 is 7.60. The summed E-state index contributed by atoms with van der Waals surface area (Å²) in [5.41, 5.74) is 6.42. The molecule has 0 saturated heterocycles. The average molecular weight is 428 g/mol. The molecule has 0 aromatic heterocycles. The smallest absolute Gasteiger partial charge is 0.168 e. The Morgan fingerprint density at radius 1 is 1.67 bits per heavy atom. The molecule has 0 aliphatic carbocycles. The monoisotopic (exact) mass is 427 g/mol. The van der Waals surface area contributed by atoms with E-state index < -0.39 is 0 Å². The number of nitrogens with two attached hydrogens (primary N) is 1. The maximum Gasteiger partial charge on any atom is 0.168 e. The molecule has 1 rings (SSSR count). The van der Waals surface area contributed by atoms with E-state index >= 15 is 0 Å². The number of hydrogen-bond acceptors (Lipinski definition) is 4. The lowest BCUT2D eigenvalue weighted by Crippen LogP contribution is -2.30. The van der Waals surface area contributed by atoms with Crippen molar-refractivity contribution in [3.63, 3.8) is 0 Å². The van der Waals surface area contributed by atoms with Crippen LogP contribution in [0.15, 0.2) is 27.8 Å². The molecule has 0 amide bonds. The Bertz CT molecular complexity index is 429. The van der Waals surface area contributed by atoms with Crippen molar-refractivity contribution < 1.29 is 9.94 Å². The summed E-state index contributed by atoms with van der Waals surface area (Å²) in [5, 5.41) is 14.6. The van der Waals surface area contributed by atoms with Gasteiger partial charge in [0.15, 0.2) is 5.84 Å². The third kappa shape index (κ3) is 4.99. The van der Waals surface area contributed by atoms with Gasteiger partial charge in [-0.2, -0.15) is 0 Å². The van der Waals surface area contributed by atoms with Crippen molar-refractivity contribution in [2.75, 3.05) is 18.5 Å². The van der Waals surface area contributed by atoms with Crippen LogP contribution in [0.2, 0.25) is 0 Å². The molecule has 100 valence electrons. The number of rotatable bonds is 6. The van der Waals surface area contributed by atoms with Crippen LogP contribution in [0.1, 0.15) is 6.92 Å². The van der Waals surface area contributed by atoms with Crippen molar-refractivity contribution in [1.29, 1.82) is 0 Å². The van der Waals surface area contributed by atoms with Gasteiger partial charge in [-0.05, 0) is 63.6 Å². The maximum atomic E-state index is 8.46. The molecular weight excluding hydrogens is 413 g/mol. The Kier molecular flexibility index (Phi) is 6.72. The van der Waals surface area contributed by atoms with Crippen LogP contribution in [0, 0.1) is 3.57 Å². The normalized spacial score (nSPS) is 13.4. The average Bonchev–Trinajstić information content (AvgIpc) is 2.37. The summed E-state index contributed by atoms with van der Waals surface area (Å²) >= 11 is 5.70. The van der Waals surface area contributed by atoms with E-state index in [0.717, 1.165) is 13.7 Å². The van der Waals surface area contributed by atoms with E-state index in [-0.39, 0.29) is 11.9 Å². The third-order valence-electron chi connectivity index (χ3n) is 2.25. The number of oxime groups is 1. The van der Waals surface area contributed by atoms with Gasteiger partial charge in [0.05, 0.1) is 6.61 Å². The minimum Gasteiger partial charge on any atom is -0.409 e. The minimum absolute atomic E-state index is 0.0770. The zero-order valence-electron chi connectivity index (χ0n) is 9.86. The number of hydrogen-bond donors (Lipinski definition) is 3. The first-order valence-corrected chi connectivity index (χ1v) is 7.19. The van der Waals surface area contributed by atoms with Crippen molar-refractivity contribution in [1.82, 2.24) is 0 Å². The minimum atomic E-state index is -0.387. The van der Waals surface area contributed by atoms with Gasteiger partial charge in [0.1, 0.15) is 6.10 Å². The number of halogens is 2. The molecule has 0 aliphatic rings. The fraction of sp³-hybridized carbons (Fsp3) is 0.364. The van der Waals surface area contributed by atoms with Crippen LogP contribution in [-0.2, 0) is 4.74 Å². The molecule has 0 radical (unpaired) electrons. The van der Waals surface area contributed by atoms with Gasteiger partial charge in [0.25, 0.3) is 0 Å². The van der Waals surface area contributed by atoms with Gasteiger partial charge < -0.3 is 21.0 Å². The molecule has 1 unspecified atom stereocenters. The lowest BCUT2D eigenvalue weighted by molar-refractivity contribution is 0.115. The number of anilines is 1. The molecule has 1 atom stereocenters. The predicted molar refractivity (Wildman–Crippen MR) is 84.2 cm³/mol. The van der Waals surface area contributed by atoms with E-state index in [4.69, 9.17) is 15.7 Å². The highest BCUT2D eigenvalue weighted by atomic mass is 127. The molecular formula is C11H15BrIN3O2. The fourth-order valence-electron chi connectivity index (χ4n) is 1.20. The van der Waals surface area contributed by atoms with Gasteiger partial charge in [-0.25, -0.2) is 0 Å². The molecule has 0 spiro atoms. The molecule has 0 fully saturated rings. The molecule has 0 bridgehead atoms. The van der Waals surface area contributed by atoms with Crippen molar-refractivity contribution >= 4 is 50.0 Å². The zero-order valence-corrected chi connectivity index (χ0v) is 13.6. The maximum absolute atomic E-state index is 8.46. The van der Waals surface area contributed by atoms with Crippen LogP contribution in [0.5, 0.6) is 0 Å². The van der Waals surface area contributed by atoms with E-state index in [2.05, 4.69) is 49.0 Å². The van der Waals surface area contributed by atoms with Crippen LogP contribution < -0.4 is 11.1 Å². The first-order valence-electron chi connectivity index (χ1n) is 5.32. The van der Waals surface area contributed by atoms with Crippen LogP contribution >= 0.6 is 38.5 Å². The summed E-state index contributed by atoms with van der Waals surface area (Å²) in [5.74, 6) is 0.0770. The number of benzene rings is 1. The van der Waals surface area contributed by atoms with E-state index in [1.165, 1.54) is 0 Å². The van der Waals surface area contributed by atoms with Gasteiger partial charge in [-0.15, -0.1) is 0 Å². The number of nitrogens with zero attached hydrogens (tertiary/aromatic N) is 1. The highest BCUT2D eigenvalue weighted by Gasteiger charge is 2.06. The first kappa shape index (κ1) is 15.5. The topological polar surface area (TPSA) is 79.9 Å². The van der Waals surface area contributed by atoms with Gasteiger partial charge in [0, 0.05) is 20.3 Å². The van der Waals surface area contributed by atoms with E-state index in [0.29, 0.717) is 13.2 Å². The molecule has 5 nitrogen and oxygen atoms in total. The lowest BCUT2D eigenvalue weighted by Gasteiger charge is -2.12. The number of ether oxygens (including phenoxy) is 1. The molecule has 1 aromatic carbocycles. The Balaban J connectivity index is 2.32. The third-order valence-corrected chi connectivity index (χ3v) is 4.58. The zero-order chi connectivity index (χ0) is 13.5. The van der Waals surface area contributed by atoms with Crippen LogP contribution in [0.3, 0.4) is 0 Å². The largest absolute Gasteiger partial charge is 0.409 e. The number of nitrogens with one attached hydrogen (secondary N) is 1. The second-order valence-corrected chi connectivity index (χ2v) is 5.61. The number of amidine groups is 1. The van der Waals surface area contributed by atoms with Crippen LogP contribution in [0.4, 0.5) is 5.69 Å². The van der Waals surface area contributed by atoms with Gasteiger partial charge in [0.2, 0.25) is 0 Å². The van der Waals surface area contributed by atoms with E-state index in [9.17, 15) is 0 Å². The quantitative estimate of drug-likeness (QED) is 0.163. The van der Waals surface area contributed by atoms with Crippen LogP contribution in [-0.4, -0.2) is 30.3 Å². The Labute approximate surface area is 128 Å². The van der Waals surface area contributed by atoms with Gasteiger partial charge in [-0.3, -0.25) is 0 Å². The molecule has 1 aromatic rings. The van der Waals surface area contributed by atoms with Gasteiger partial charge in [-0.1, -0.05) is 5.16 Å². The summed E-state index contributed by atoms with van der Waals surface area (Å²) in [6, 6.07) is 6.01. The molecule has 18 heavy (non-hydrogen) atoms. The van der Waals surface area contributed by atoms with Crippen LogP contribution in [0.25, 0.3) is 0 Å². The van der Waals surface area contributed by atoms with Crippen molar-refractivity contribution in [2.45, 2.75) is 13.0 Å². The highest BCUT2D eigenvalue weighted by molar-refractivity contribution is 14.1. The molecule has 7 heteroatoms. The second-order valence-electron chi connectivity index (χ2n) is 3.59. The van der Waals surface area contributed by atoms with E-state index in [1.54, 1.807) is 6.92 Å². The summed E-state index contributed by atoms with van der Waals surface area (Å²) in [6.07, 6.45) is -0.387. The fourth-order valence-corrected chi connectivity index (χ4v) is 1.97. The summed E-state index contributed by atoms with van der Waals surface area (Å²) in [6.45, 7) is 2.86. The molecule has 0 aliphatic heterocycles. The highest BCUT2D eigenvalue weighted by Crippen LogP contribution is 2.22. The Morgan fingerprint density at radius 3 is 3.00 bits per heavy atom. The Hall–Kier alpha value is -0.540. The first-order chi connectivity index (χ1) is 8.54. The van der Waals surface area contributed by atoms with E-state index in [1.807, 2.05) is 18.2 Å². The lowest BCUT2D eigenvalue weighted by atomic mass is 10.3. The standard InChI is InChI=1S/C11H15BrIN3O2/c1-7(11(14)16-17)18-5-4-15-8-2-3-9(12)10(13)6-8/h2-3,6-7,15,17H,4-5H2,1H3,(H2,14,16). The Morgan fingerprint density at radius 2 is 2.39 bits per heavy atom. The van der Waals surface area contributed by atoms with Gasteiger partial charge >= 0.3 is 0 Å². The van der Waals surface area contributed by atoms with Crippen molar-refractivity contribution in [3.8, 4) is 0 Å². The van der Waals surface area contributed by atoms with Crippen molar-refractivity contribution in [3.05, 3.63) is 26.2 Å². The second kappa shape index (κ2) is 7.80. The summed E-state index contributed by atoms with van der Waals surface area (Å²) in [7, 11) is 0. The molecule has 4 N–H and O–H groups in total. The molecule has 0 saturated carbocycles. The summed E-state index contributed by atoms with van der Waals surface area (Å²) in [4.78, 5) is 0.